The van der Waals surface area contributed by atoms with Crippen LogP contribution in [0.4, 0.5) is 0 Å². The average Bonchev–Trinajstić information content (AvgIpc) is 4.18. The average molecular weight is 1330 g/mol. The summed E-state index contributed by atoms with van der Waals surface area (Å²) in [6.07, 6.45) is 11.8. The van der Waals surface area contributed by atoms with Crippen LogP contribution in [-0.2, 0) is 49.8 Å². The zero-order chi connectivity index (χ0) is 55.1. The van der Waals surface area contributed by atoms with Gasteiger partial charge < -0.3 is 47.0 Å². The molecule has 0 aromatic carbocycles. The summed E-state index contributed by atoms with van der Waals surface area (Å²) >= 11 is 21.7. The van der Waals surface area contributed by atoms with Gasteiger partial charge in [0.25, 0.3) is 0 Å². The van der Waals surface area contributed by atoms with Gasteiger partial charge in [0.1, 0.15) is 23.7 Å². The van der Waals surface area contributed by atoms with E-state index in [9.17, 15) is 38.4 Å². The molecule has 1 atom stereocenters. The topological polar surface area (TPSA) is 368 Å². The van der Waals surface area contributed by atoms with Gasteiger partial charge in [0, 0.05) is 65.6 Å². The molecule has 432 valence electrons. The number of hydrogen-bond donors (Lipinski definition) is 6. The van der Waals surface area contributed by atoms with Crippen LogP contribution < -0.4 is 30.3 Å². The molecule has 0 fully saturated rings. The Hall–Kier alpha value is -3.18. The zero-order valence-electron chi connectivity index (χ0n) is 41.1. The number of thiocarbonyl (C=S) groups is 1. The molecule has 0 bridgehead atoms. The second-order valence-corrected chi connectivity index (χ2v) is 19.0. The maximum absolute atomic E-state index is 10.7. The first-order valence-electron chi connectivity index (χ1n) is 19.8. The Morgan fingerprint density at radius 1 is 0.707 bits per heavy atom. The van der Waals surface area contributed by atoms with Crippen molar-refractivity contribution >= 4 is 170 Å². The number of nitrogens with zero attached hydrogens (tertiary/aromatic N) is 4. The van der Waals surface area contributed by atoms with E-state index in [1.54, 1.807) is 25.5 Å². The van der Waals surface area contributed by atoms with E-state index in [1.165, 1.54) is 81.7 Å². The smallest absolute Gasteiger partial charge is 0.870 e. The number of aldehydes is 2. The van der Waals surface area contributed by atoms with Gasteiger partial charge in [-0.3, -0.25) is 19.2 Å². The maximum Gasteiger partial charge on any atom is 1.00 e. The van der Waals surface area contributed by atoms with Crippen molar-refractivity contribution in [2.75, 3.05) is 12.1 Å². The van der Waals surface area contributed by atoms with Gasteiger partial charge in [-0.05, 0) is 73.9 Å². The van der Waals surface area contributed by atoms with E-state index < -0.39 is 29.3 Å². The number of carbonyl (C=O) groups excluding carboxylic acids is 5. The summed E-state index contributed by atoms with van der Waals surface area (Å²) in [5.74, 6) is -3.71. The van der Waals surface area contributed by atoms with Crippen molar-refractivity contribution in [3.8, 4) is 0 Å². The Morgan fingerprint density at radius 3 is 1.04 bits per heavy atom. The molecule has 0 saturated carbocycles. The van der Waals surface area contributed by atoms with Crippen molar-refractivity contribution < 1.29 is 89.3 Å². The number of aromatic carboxylic acids is 3. The molecule has 0 amide bonds. The van der Waals surface area contributed by atoms with E-state index in [-0.39, 0.29) is 106 Å². The van der Waals surface area contributed by atoms with Gasteiger partial charge in [-0.1, -0.05) is 92.9 Å². The van der Waals surface area contributed by atoms with Gasteiger partial charge in [0.15, 0.2) is 16.6 Å². The van der Waals surface area contributed by atoms with Crippen LogP contribution >= 0.6 is 111 Å². The zero-order valence-corrected chi connectivity index (χ0v) is 48.7. The molecule has 0 radical (unpaired) electrons. The van der Waals surface area contributed by atoms with Gasteiger partial charge in [-0.15, -0.1) is 68.5 Å². The summed E-state index contributed by atoms with van der Waals surface area (Å²) in [5.41, 5.74) is 10.3. The molecule has 75 heavy (non-hydrogen) atoms. The van der Waals surface area contributed by atoms with Crippen molar-refractivity contribution in [1.29, 1.82) is 0 Å². The minimum absolute atomic E-state index is 0. The Bertz CT molecular complexity index is 1840. The quantitative estimate of drug-likeness (QED) is 0.0138. The second kappa shape index (κ2) is 70.8. The first-order valence-corrected chi connectivity index (χ1v) is 27.2. The number of Topliss-reactive ketones (excluding diaryl/α,β-unsaturated/α-hetero) is 3. The molecule has 9 N–H and O–H groups in total. The molecular formula is C45H80Cl2ILiN6O14S6. The third kappa shape index (κ3) is 70.8. The number of carboxylic acids is 4. The van der Waals surface area contributed by atoms with E-state index in [0.29, 0.717) is 29.1 Å². The minimum Gasteiger partial charge on any atom is -0.870 e. The Labute approximate surface area is 505 Å². The number of carbonyl (C=O) groups is 9. The molecule has 0 aliphatic heterocycles. The summed E-state index contributed by atoms with van der Waals surface area (Å²) in [4.78, 5) is 109. The fourth-order valence-corrected chi connectivity index (χ4v) is 5.13. The van der Waals surface area contributed by atoms with Gasteiger partial charge >= 0.3 is 42.7 Å². The number of ketones is 3. The van der Waals surface area contributed by atoms with E-state index in [0.717, 1.165) is 57.9 Å². The van der Waals surface area contributed by atoms with Crippen molar-refractivity contribution in [3.05, 3.63) is 64.3 Å². The number of aliphatic carboxylic acids is 1. The van der Waals surface area contributed by atoms with Crippen molar-refractivity contribution in [2.45, 2.75) is 143 Å². The molecule has 30 heteroatoms. The number of aryl methyl sites for hydroxylation is 3. The first-order chi connectivity index (χ1) is 32.3. The van der Waals surface area contributed by atoms with Crippen molar-refractivity contribution in [3.63, 3.8) is 0 Å². The van der Waals surface area contributed by atoms with Crippen LogP contribution in [0.3, 0.4) is 0 Å². The fourth-order valence-electron chi connectivity index (χ4n) is 2.37. The number of halogens is 3. The molecule has 0 aliphatic rings. The second-order valence-electron chi connectivity index (χ2n) is 11.2. The number of rotatable bonds is 13. The van der Waals surface area contributed by atoms with E-state index in [2.05, 4.69) is 60.3 Å². The molecule has 0 saturated heterocycles. The number of thiazole rings is 4. The minimum atomic E-state index is -0.996. The summed E-state index contributed by atoms with van der Waals surface area (Å²) < 4.78 is 6.41. The predicted molar refractivity (Wildman–Crippen MR) is 323 cm³/mol. The molecule has 4 heterocycles. The van der Waals surface area contributed by atoms with Crippen LogP contribution in [0.2, 0.25) is 0 Å². The monoisotopic (exact) mass is 1330 g/mol. The molecule has 4 aromatic rings. The van der Waals surface area contributed by atoms with E-state index >= 15 is 0 Å². The Balaban J connectivity index is -0.0000000533. The predicted octanol–water partition coefficient (Wildman–Crippen LogP) is 9.29. The number of hydrogen-bond acceptors (Lipinski definition) is 21. The van der Waals surface area contributed by atoms with Crippen LogP contribution in [0.5, 0.6) is 0 Å². The third-order valence-corrected chi connectivity index (χ3v) is 11.2. The van der Waals surface area contributed by atoms with Gasteiger partial charge in [-0.25, -0.2) is 34.3 Å². The number of alkyl halides is 2. The van der Waals surface area contributed by atoms with Crippen molar-refractivity contribution in [1.82, 2.24) is 19.9 Å². The SMILES string of the molecule is C.C.C.C.C.CC(=O)C(Cl)C=O.CC(=O)CCl.CC=O.CCC(=O)O.CCC(N)=S.CCc1cnc(C(=O)O)s1.CCc1cnc(C(=O)O)s1.CCc1cnc(C(C)=O)s1.NCc1cnc(C(=O)O)s1.[3H]CSI.[Li+].[OH-]. The summed E-state index contributed by atoms with van der Waals surface area (Å²) in [6.45, 7) is 15.6. The van der Waals surface area contributed by atoms with Crippen LogP contribution in [0.15, 0.2) is 24.8 Å². The van der Waals surface area contributed by atoms with Crippen LogP contribution in [-0.4, -0.2) is 122 Å². The molecule has 4 aromatic heterocycles. The number of carboxylic acid groups (broad SMARTS) is 4. The van der Waals surface area contributed by atoms with Gasteiger partial charge in [-0.2, -0.15) is 0 Å². The molecule has 1 unspecified atom stereocenters. The number of aromatic nitrogens is 4. The molecule has 0 aliphatic carbocycles. The van der Waals surface area contributed by atoms with E-state index in [1.807, 2.05) is 20.8 Å². The van der Waals surface area contributed by atoms with Crippen LogP contribution in [0.1, 0.15) is 172 Å². The standard InChI is InChI=1S/C7H9NOS.2C6H7NO2S.C5H6N2O2S.C4H5ClO2.C3H5ClO.C3H7NS.C3H6O2.C2H4O.CH3IS.5CH4.Li.H2O/c1-3-6-4-8-7(10-6)5(2)9;2*1-2-4-3-7-5(10-4)6(8)9;6-1-3-2-7-4(10-3)5(8)9;1-3(7)4(5)2-6;1-3(5)2-4;2*1-2-3(4)5;1-2-3;1-3-2;;;;;;;/h4H,3H2,1-2H3;2*3H,2H2,1H3,(H,8,9);2H,1,6H2,(H,8,9);2,4H,1H3;2H2,1H3;2H2,1H3,(H2,4,5);2H2,1H3,(H,4,5);2H,1H3;1H3;5*1H4;;1H2/q;;;;;;;;;;;;;;;+1;/p-1/i;;;;;;;;;1T;;;;;;;. The molecule has 0 spiro atoms. The third-order valence-electron chi connectivity index (χ3n) is 5.66. The van der Waals surface area contributed by atoms with Crippen molar-refractivity contribution in [2.24, 2.45) is 11.5 Å². The van der Waals surface area contributed by atoms with Gasteiger partial charge in [0.2, 0.25) is 15.0 Å². The normalized spacial score (nSPS) is 8.47. The first kappa shape index (κ1) is 101. The maximum atomic E-state index is 10.7. The Kier molecular flexibility index (Phi) is 95.0. The summed E-state index contributed by atoms with van der Waals surface area (Å²) in [5, 5.41) is 33.1. The van der Waals surface area contributed by atoms with E-state index in [4.69, 9.17) is 61.3 Å². The van der Waals surface area contributed by atoms with Crippen LogP contribution in [0.25, 0.3) is 0 Å². The number of nitrogens with two attached hydrogens (primary N) is 2. The van der Waals surface area contributed by atoms with Gasteiger partial charge in [0.05, 0.1) is 10.9 Å². The largest absolute Gasteiger partial charge is 1.00 e. The molecular weight excluding hydrogens is 1250 g/mol. The molecule has 4 rings (SSSR count). The molecule has 20 nitrogen and oxygen atoms in total. The summed E-state index contributed by atoms with van der Waals surface area (Å²) in [7, 11) is 1.49. The fraction of sp³-hybridized carbons (Fsp3) is 0.511. The Morgan fingerprint density at radius 2 is 0.947 bits per heavy atom. The summed E-state index contributed by atoms with van der Waals surface area (Å²) in [6, 6.07) is 0. The van der Waals surface area contributed by atoms with Crippen LogP contribution in [0, 0.1) is 0 Å².